The van der Waals surface area contributed by atoms with E-state index in [1.807, 2.05) is 43.6 Å². The summed E-state index contributed by atoms with van der Waals surface area (Å²) in [4.78, 5) is 13.5. The van der Waals surface area contributed by atoms with Gasteiger partial charge in [-0.1, -0.05) is 39.0 Å². The number of hydrogen-bond donors (Lipinski definition) is 1. The number of aromatic nitrogens is 1. The van der Waals surface area contributed by atoms with Crippen molar-refractivity contribution in [2.75, 3.05) is 46.4 Å². The molecule has 2 heterocycles. The van der Waals surface area contributed by atoms with E-state index in [9.17, 15) is 0 Å². The Morgan fingerprint density at radius 2 is 1.87 bits per heavy atom. The lowest BCUT2D eigenvalue weighted by molar-refractivity contribution is 0.152. The molecule has 0 unspecified atom stereocenters. The third-order valence-electron chi connectivity index (χ3n) is 4.99. The van der Waals surface area contributed by atoms with Crippen molar-refractivity contribution in [3.63, 3.8) is 0 Å². The number of rotatable bonds is 6. The zero-order valence-corrected chi connectivity index (χ0v) is 20.8. The van der Waals surface area contributed by atoms with Gasteiger partial charge in [0.05, 0.1) is 12.7 Å². The fourth-order valence-electron chi connectivity index (χ4n) is 3.22. The molecule has 0 amide bonds. The first kappa shape index (κ1) is 24.5. The second-order valence-corrected chi connectivity index (χ2v) is 8.26. The molecule has 0 aliphatic carbocycles. The van der Waals surface area contributed by atoms with Crippen LogP contribution in [0.3, 0.4) is 0 Å². The minimum Gasteiger partial charge on any atom is -0.492 e. The Bertz CT molecular complexity index is 780. The lowest BCUT2D eigenvalue weighted by atomic mass is 9.94. The van der Waals surface area contributed by atoms with Gasteiger partial charge in [-0.25, -0.2) is 4.98 Å². The topological polar surface area (TPSA) is 66.1 Å². The van der Waals surface area contributed by atoms with E-state index in [4.69, 9.17) is 9.15 Å². The maximum Gasteiger partial charge on any atom is 0.213 e. The average molecular weight is 527 g/mol. The quantitative estimate of drug-likeness (QED) is 0.353. The Kier molecular flexibility index (Phi) is 9.41. The third kappa shape index (κ3) is 7.16. The van der Waals surface area contributed by atoms with E-state index >= 15 is 0 Å². The zero-order chi connectivity index (χ0) is 20.7. The highest BCUT2D eigenvalue weighted by Crippen LogP contribution is 2.22. The molecule has 1 fully saturated rings. The van der Waals surface area contributed by atoms with Gasteiger partial charge in [0.25, 0.3) is 0 Å². The first-order valence-corrected chi connectivity index (χ1v) is 10.3. The third-order valence-corrected chi connectivity index (χ3v) is 4.99. The van der Waals surface area contributed by atoms with Crippen LogP contribution in [0.25, 0.3) is 0 Å². The van der Waals surface area contributed by atoms with Gasteiger partial charge in [0.2, 0.25) is 5.89 Å². The van der Waals surface area contributed by atoms with Crippen molar-refractivity contribution in [3.05, 3.63) is 48.2 Å². The van der Waals surface area contributed by atoms with Gasteiger partial charge in [0, 0.05) is 45.2 Å². The first-order valence-electron chi connectivity index (χ1n) is 10.3. The Morgan fingerprint density at radius 1 is 1.17 bits per heavy atom. The number of ether oxygens (including phenoxy) is 1. The minimum atomic E-state index is -0.0342. The number of halogens is 1. The summed E-state index contributed by atoms with van der Waals surface area (Å²) in [5.41, 5.74) is -0.0342. The number of para-hydroxylation sites is 1. The summed E-state index contributed by atoms with van der Waals surface area (Å²) in [6.45, 7) is 12.4. The predicted molar refractivity (Wildman–Crippen MR) is 131 cm³/mol. The van der Waals surface area contributed by atoms with Crippen LogP contribution in [0.5, 0.6) is 5.75 Å². The molecule has 7 nitrogen and oxygen atoms in total. The van der Waals surface area contributed by atoms with Crippen LogP contribution in [0, 0.1) is 0 Å². The molecule has 1 saturated heterocycles. The van der Waals surface area contributed by atoms with Crippen molar-refractivity contribution < 1.29 is 9.15 Å². The number of oxazole rings is 1. The molecule has 0 spiro atoms. The largest absolute Gasteiger partial charge is 0.492 e. The number of nitrogens with zero attached hydrogens (tertiary/aromatic N) is 4. The van der Waals surface area contributed by atoms with Crippen LogP contribution in [-0.4, -0.2) is 67.1 Å². The molecule has 3 rings (SSSR count). The minimum absolute atomic E-state index is 0. The van der Waals surface area contributed by atoms with Crippen LogP contribution in [-0.2, 0) is 12.0 Å². The monoisotopic (exact) mass is 527 g/mol. The molecule has 1 aliphatic rings. The van der Waals surface area contributed by atoms with Crippen molar-refractivity contribution in [3.8, 4) is 5.75 Å². The van der Waals surface area contributed by atoms with E-state index in [0.29, 0.717) is 19.0 Å². The second kappa shape index (κ2) is 11.5. The van der Waals surface area contributed by atoms with E-state index in [2.05, 4.69) is 45.9 Å². The lowest BCUT2D eigenvalue weighted by Crippen LogP contribution is -2.52. The summed E-state index contributed by atoms with van der Waals surface area (Å²) in [5.74, 6) is 3.40. The maximum atomic E-state index is 5.86. The molecule has 0 radical (unpaired) electrons. The van der Waals surface area contributed by atoms with Crippen LogP contribution in [0.2, 0.25) is 0 Å². The number of nitrogens with one attached hydrogen (secondary N) is 1. The molecule has 1 N–H and O–H groups in total. The molecule has 8 heteroatoms. The van der Waals surface area contributed by atoms with Crippen molar-refractivity contribution in [2.45, 2.75) is 32.7 Å². The smallest absolute Gasteiger partial charge is 0.213 e. The maximum absolute atomic E-state index is 5.86. The Hall–Kier alpha value is -1.81. The fourth-order valence-corrected chi connectivity index (χ4v) is 3.22. The summed E-state index contributed by atoms with van der Waals surface area (Å²) in [6, 6.07) is 9.97. The summed E-state index contributed by atoms with van der Waals surface area (Å²) in [6.07, 6.45) is 1.82. The number of piperazine rings is 1. The Morgan fingerprint density at radius 3 is 2.47 bits per heavy atom. The summed E-state index contributed by atoms with van der Waals surface area (Å²) in [5, 5.41) is 3.38. The first-order chi connectivity index (χ1) is 14.0. The highest BCUT2D eigenvalue weighted by molar-refractivity contribution is 14.0. The van der Waals surface area contributed by atoms with Crippen molar-refractivity contribution in [2.24, 2.45) is 4.99 Å². The van der Waals surface area contributed by atoms with Gasteiger partial charge >= 0.3 is 0 Å². The Balaban J connectivity index is 0.00000320. The van der Waals surface area contributed by atoms with E-state index in [-0.39, 0.29) is 29.4 Å². The van der Waals surface area contributed by atoms with Crippen molar-refractivity contribution in [1.29, 1.82) is 0 Å². The highest BCUT2D eigenvalue weighted by Gasteiger charge is 2.21. The normalized spacial score (nSPS) is 15.6. The van der Waals surface area contributed by atoms with E-state index < -0.39 is 0 Å². The molecule has 0 atom stereocenters. The molecule has 1 aromatic carbocycles. The predicted octanol–water partition coefficient (Wildman–Crippen LogP) is 3.36. The van der Waals surface area contributed by atoms with Crippen molar-refractivity contribution >= 4 is 29.9 Å². The number of hydrogen-bond acceptors (Lipinski definition) is 5. The van der Waals surface area contributed by atoms with Crippen LogP contribution < -0.4 is 10.1 Å². The molecular weight excluding hydrogens is 493 g/mol. The fraction of sp³-hybridized carbons (Fsp3) is 0.545. The van der Waals surface area contributed by atoms with Crippen LogP contribution in [0.15, 0.2) is 45.9 Å². The second-order valence-electron chi connectivity index (χ2n) is 8.26. The van der Waals surface area contributed by atoms with Gasteiger partial charge < -0.3 is 19.4 Å². The van der Waals surface area contributed by atoms with Crippen LogP contribution >= 0.6 is 24.0 Å². The molecule has 0 saturated carbocycles. The molecule has 1 aromatic heterocycles. The zero-order valence-electron chi connectivity index (χ0n) is 18.4. The summed E-state index contributed by atoms with van der Waals surface area (Å²) < 4.78 is 11.7. The molecule has 1 aliphatic heterocycles. The van der Waals surface area contributed by atoms with Gasteiger partial charge in [-0.15, -0.1) is 24.0 Å². The van der Waals surface area contributed by atoms with Crippen LogP contribution in [0.4, 0.5) is 0 Å². The van der Waals surface area contributed by atoms with Gasteiger partial charge in [0.15, 0.2) is 5.96 Å². The average Bonchev–Trinajstić information content (AvgIpc) is 3.20. The lowest BCUT2D eigenvalue weighted by Gasteiger charge is -2.36. The summed E-state index contributed by atoms with van der Waals surface area (Å²) in [7, 11) is 1.82. The van der Waals surface area contributed by atoms with Crippen molar-refractivity contribution in [1.82, 2.24) is 20.1 Å². The highest BCUT2D eigenvalue weighted by atomic mass is 127. The van der Waals surface area contributed by atoms with E-state index in [1.54, 1.807) is 0 Å². The van der Waals surface area contributed by atoms with Crippen LogP contribution in [0.1, 0.15) is 32.4 Å². The van der Waals surface area contributed by atoms with Gasteiger partial charge in [-0.2, -0.15) is 0 Å². The van der Waals surface area contributed by atoms with E-state index in [1.165, 1.54) is 0 Å². The van der Waals surface area contributed by atoms with Gasteiger partial charge in [0.1, 0.15) is 18.1 Å². The Labute approximate surface area is 196 Å². The molecular formula is C22H34IN5O2. The molecule has 0 bridgehead atoms. The molecule has 2 aromatic rings. The van der Waals surface area contributed by atoms with Gasteiger partial charge in [-0.3, -0.25) is 9.89 Å². The molecule has 166 valence electrons. The molecule has 30 heavy (non-hydrogen) atoms. The van der Waals surface area contributed by atoms with Gasteiger partial charge in [-0.05, 0) is 12.1 Å². The SMILES string of the molecule is CN=C(NCc1ncc(C(C)(C)C)o1)N1CCN(CCOc2ccccc2)CC1.I. The number of benzene rings is 1. The number of aliphatic imine (C=N–C) groups is 1. The summed E-state index contributed by atoms with van der Waals surface area (Å²) >= 11 is 0. The van der Waals surface area contributed by atoms with E-state index in [0.717, 1.165) is 50.2 Å². The standard InChI is InChI=1S/C22H33N5O2.HI/c1-22(2,3)19-16-24-20(29-19)17-25-21(23-4)27-12-10-26(11-13-27)14-15-28-18-8-6-5-7-9-18;/h5-9,16H,10-15,17H2,1-4H3,(H,23,25);1H. The number of guanidine groups is 1.